The maximum Gasteiger partial charge on any atom is 0.325 e. The zero-order valence-corrected chi connectivity index (χ0v) is 20.5. The second-order valence-electron chi connectivity index (χ2n) is 9.77. The van der Waals surface area contributed by atoms with Gasteiger partial charge in [0.15, 0.2) is 6.23 Å². The van der Waals surface area contributed by atoms with E-state index in [1.54, 1.807) is 6.08 Å². The van der Waals surface area contributed by atoms with Crippen LogP contribution in [0.3, 0.4) is 0 Å². The summed E-state index contributed by atoms with van der Waals surface area (Å²) in [7, 11) is 0. The number of nitrogens with one attached hydrogen (secondary N) is 1. The van der Waals surface area contributed by atoms with Crippen molar-refractivity contribution < 1.29 is 24.9 Å². The highest BCUT2D eigenvalue weighted by Crippen LogP contribution is 2.27. The van der Waals surface area contributed by atoms with E-state index in [-0.39, 0.29) is 0 Å². The van der Waals surface area contributed by atoms with Crippen LogP contribution in [0.5, 0.6) is 0 Å². The number of amides is 2. The summed E-state index contributed by atoms with van der Waals surface area (Å²) in [6.07, 6.45) is 17.3. The van der Waals surface area contributed by atoms with Crippen LogP contribution >= 0.6 is 0 Å². The number of nitrogens with zero attached hydrogens (tertiary/aromatic N) is 1. The number of aliphatic hydroxyl groups excluding tert-OH is 3. The third-order valence-corrected chi connectivity index (χ3v) is 6.84. The highest BCUT2D eigenvalue weighted by atomic mass is 16.6. The van der Waals surface area contributed by atoms with Crippen LogP contribution in [-0.2, 0) is 4.74 Å². The number of unbranched alkanes of at least 4 members (excludes halogenated alkanes) is 13. The summed E-state index contributed by atoms with van der Waals surface area (Å²) in [5, 5.41) is 32.0. The van der Waals surface area contributed by atoms with Crippen LogP contribution < -0.4 is 11.1 Å². The second-order valence-corrected chi connectivity index (χ2v) is 9.77. The maximum absolute atomic E-state index is 12.5. The first-order valence-corrected chi connectivity index (χ1v) is 13.1. The molecule has 0 saturated carbocycles. The third-order valence-electron chi connectivity index (χ3n) is 6.84. The van der Waals surface area contributed by atoms with Crippen molar-refractivity contribution in [2.75, 3.05) is 6.61 Å². The molecule has 0 radical (unpaired) electrons. The Morgan fingerprint density at radius 2 is 1.45 bits per heavy atom. The quantitative estimate of drug-likeness (QED) is 0.207. The lowest BCUT2D eigenvalue weighted by Crippen LogP contribution is -2.62. The number of rotatable bonds is 17. The minimum absolute atomic E-state index is 0.437. The minimum Gasteiger partial charge on any atom is -0.394 e. The smallest absolute Gasteiger partial charge is 0.325 e. The van der Waals surface area contributed by atoms with Gasteiger partial charge < -0.3 is 31.1 Å². The Balaban J connectivity index is 1.54. The minimum atomic E-state index is -1.30. The van der Waals surface area contributed by atoms with Crippen molar-refractivity contribution in [2.45, 2.75) is 133 Å². The van der Waals surface area contributed by atoms with Gasteiger partial charge in [0.25, 0.3) is 0 Å². The SMILES string of the molecule is CCCCCCCCCCCCCCCCC1(N)C=CN([C@@H]2O[C@H](CO)[C@@H](O)[C@@H]2O)C(=O)N1. The van der Waals surface area contributed by atoms with Gasteiger partial charge in [-0.3, -0.25) is 4.90 Å². The van der Waals surface area contributed by atoms with Gasteiger partial charge in [0, 0.05) is 6.20 Å². The average Bonchev–Trinajstić information content (AvgIpc) is 3.08. The first kappa shape index (κ1) is 28.1. The van der Waals surface area contributed by atoms with Crippen molar-refractivity contribution in [3.8, 4) is 0 Å². The van der Waals surface area contributed by atoms with Gasteiger partial charge in [-0.1, -0.05) is 90.4 Å². The summed E-state index contributed by atoms with van der Waals surface area (Å²) < 4.78 is 5.42. The normalized spacial score (nSPS) is 29.6. The molecule has 0 aliphatic carbocycles. The number of hydrogen-bond acceptors (Lipinski definition) is 6. The molecular formula is C25H47N3O5. The van der Waals surface area contributed by atoms with Crippen molar-refractivity contribution in [3.63, 3.8) is 0 Å². The standard InChI is InChI=1S/C25H47N3O5/c1-2-3-4-5-6-7-8-9-10-11-12-13-14-15-16-25(26)17-18-28(24(32)27-25)23-22(31)21(30)20(19-29)33-23/h17-18,20-23,29-31H,2-16,19,26H2,1H3,(H,27,32)/t20-,21-,22+,23-,25?/m1/s1. The predicted octanol–water partition coefficient (Wildman–Crippen LogP) is 3.49. The molecule has 5 atom stereocenters. The molecule has 0 aromatic carbocycles. The maximum atomic E-state index is 12.5. The van der Waals surface area contributed by atoms with Crippen molar-refractivity contribution in [2.24, 2.45) is 5.73 Å². The third kappa shape index (κ3) is 9.17. The van der Waals surface area contributed by atoms with E-state index in [0.29, 0.717) is 6.42 Å². The lowest BCUT2D eigenvalue weighted by atomic mass is 9.99. The summed E-state index contributed by atoms with van der Waals surface area (Å²) in [6.45, 7) is 1.82. The monoisotopic (exact) mass is 469 g/mol. The van der Waals surface area contributed by atoms with E-state index in [2.05, 4.69) is 12.2 Å². The van der Waals surface area contributed by atoms with Crippen molar-refractivity contribution >= 4 is 6.03 Å². The highest BCUT2D eigenvalue weighted by Gasteiger charge is 2.47. The Labute approximate surface area is 199 Å². The Bertz CT molecular complexity index is 590. The molecule has 2 aliphatic heterocycles. The molecule has 1 saturated heterocycles. The zero-order valence-electron chi connectivity index (χ0n) is 20.5. The lowest BCUT2D eigenvalue weighted by molar-refractivity contribution is -0.0670. The molecule has 2 rings (SSSR count). The zero-order chi connectivity index (χ0) is 24.1. The van der Waals surface area contributed by atoms with E-state index < -0.39 is 42.8 Å². The number of carbonyl (C=O) groups is 1. The van der Waals surface area contributed by atoms with E-state index in [9.17, 15) is 20.1 Å². The first-order valence-electron chi connectivity index (χ1n) is 13.1. The predicted molar refractivity (Wildman–Crippen MR) is 129 cm³/mol. The Morgan fingerprint density at radius 1 is 0.939 bits per heavy atom. The van der Waals surface area contributed by atoms with Gasteiger partial charge >= 0.3 is 6.03 Å². The average molecular weight is 470 g/mol. The highest BCUT2D eigenvalue weighted by molar-refractivity contribution is 5.78. The molecule has 0 spiro atoms. The van der Waals surface area contributed by atoms with E-state index in [4.69, 9.17) is 10.5 Å². The topological polar surface area (TPSA) is 128 Å². The number of carbonyl (C=O) groups excluding carboxylic acids is 1. The number of aliphatic hydroxyl groups is 3. The van der Waals surface area contributed by atoms with Crippen molar-refractivity contribution in [1.29, 1.82) is 0 Å². The summed E-state index contributed by atoms with van der Waals surface area (Å²) in [5.74, 6) is 0. The van der Waals surface area contributed by atoms with Crippen molar-refractivity contribution in [1.82, 2.24) is 10.2 Å². The first-order chi connectivity index (χ1) is 15.9. The lowest BCUT2D eigenvalue weighted by Gasteiger charge is -2.37. The van der Waals surface area contributed by atoms with Crippen LogP contribution in [0.4, 0.5) is 4.79 Å². The molecule has 192 valence electrons. The number of nitrogens with two attached hydrogens (primary N) is 1. The largest absolute Gasteiger partial charge is 0.394 e. The molecule has 0 aromatic rings. The van der Waals surface area contributed by atoms with Gasteiger partial charge in [-0.25, -0.2) is 4.79 Å². The summed E-state index contributed by atoms with van der Waals surface area (Å²) >= 11 is 0. The second kappa shape index (κ2) is 14.9. The van der Waals surface area contributed by atoms with Crippen LogP contribution in [-0.4, -0.2) is 63.1 Å². The molecule has 0 aromatic heterocycles. The number of ether oxygens (including phenoxy) is 1. The molecule has 8 heteroatoms. The molecular weight excluding hydrogens is 422 g/mol. The fourth-order valence-corrected chi connectivity index (χ4v) is 4.65. The molecule has 6 N–H and O–H groups in total. The Morgan fingerprint density at radius 3 is 1.91 bits per heavy atom. The van der Waals surface area contributed by atoms with Crippen molar-refractivity contribution in [3.05, 3.63) is 12.3 Å². The van der Waals surface area contributed by atoms with E-state index in [1.165, 1.54) is 88.1 Å². The summed E-state index contributed by atoms with van der Waals surface area (Å²) in [6, 6.07) is -0.486. The van der Waals surface area contributed by atoms with E-state index in [1.807, 2.05) is 0 Å². The molecule has 1 fully saturated rings. The molecule has 2 aliphatic rings. The van der Waals surface area contributed by atoms with Gasteiger partial charge in [0.2, 0.25) is 0 Å². The van der Waals surface area contributed by atoms with Gasteiger partial charge in [-0.05, 0) is 18.9 Å². The molecule has 2 amide bonds. The van der Waals surface area contributed by atoms with Crippen LogP contribution in [0.25, 0.3) is 0 Å². The number of urea groups is 1. The van der Waals surface area contributed by atoms with E-state index >= 15 is 0 Å². The van der Waals surface area contributed by atoms with Crippen LogP contribution in [0, 0.1) is 0 Å². The van der Waals surface area contributed by atoms with Crippen LogP contribution in [0.15, 0.2) is 12.3 Å². The number of hydrogen-bond donors (Lipinski definition) is 5. The summed E-state index contributed by atoms with van der Waals surface area (Å²) in [4.78, 5) is 13.7. The van der Waals surface area contributed by atoms with Crippen LogP contribution in [0.2, 0.25) is 0 Å². The molecule has 2 heterocycles. The fraction of sp³-hybridized carbons (Fsp3) is 0.880. The summed E-state index contributed by atoms with van der Waals surface area (Å²) in [5.41, 5.74) is 5.41. The van der Waals surface area contributed by atoms with Gasteiger partial charge in [-0.15, -0.1) is 0 Å². The van der Waals surface area contributed by atoms with E-state index in [0.717, 1.165) is 12.8 Å². The van der Waals surface area contributed by atoms with Crippen LogP contribution in [0.1, 0.15) is 103 Å². The van der Waals surface area contributed by atoms with Gasteiger partial charge in [0.1, 0.15) is 24.0 Å². The van der Waals surface area contributed by atoms with Gasteiger partial charge in [-0.2, -0.15) is 0 Å². The molecule has 33 heavy (non-hydrogen) atoms. The molecule has 8 nitrogen and oxygen atoms in total. The molecule has 0 bridgehead atoms. The Kier molecular flexibility index (Phi) is 12.7. The fourth-order valence-electron chi connectivity index (χ4n) is 4.65. The molecule has 1 unspecified atom stereocenters. The Hall–Kier alpha value is -1.19. The van der Waals surface area contributed by atoms with Gasteiger partial charge in [0.05, 0.1) is 6.61 Å².